The van der Waals surface area contributed by atoms with Crippen LogP contribution in [0.5, 0.6) is 5.75 Å². The van der Waals surface area contributed by atoms with E-state index in [1.54, 1.807) is 25.3 Å². The van der Waals surface area contributed by atoms with Gasteiger partial charge in [0.15, 0.2) is 5.82 Å². The van der Waals surface area contributed by atoms with Gasteiger partial charge < -0.3 is 15.3 Å². The Labute approximate surface area is 191 Å². The highest BCUT2D eigenvalue weighted by atomic mass is 19.1. The van der Waals surface area contributed by atoms with Crippen LogP contribution in [0, 0.1) is 12.7 Å². The molecule has 2 atom stereocenters. The molecular weight excluding hydrogens is 417 g/mol. The number of nitrogens with one attached hydrogen (secondary N) is 1. The summed E-state index contributed by atoms with van der Waals surface area (Å²) in [6.07, 6.45) is 4.80. The van der Waals surface area contributed by atoms with Crippen LogP contribution in [0.3, 0.4) is 0 Å². The van der Waals surface area contributed by atoms with Crippen molar-refractivity contribution in [3.8, 4) is 17.0 Å². The maximum atomic E-state index is 16.1. The van der Waals surface area contributed by atoms with Crippen LogP contribution in [0.4, 0.5) is 10.2 Å². The number of benzene rings is 2. The molecule has 2 saturated heterocycles. The SMILES string of the molecule is CCc1cccc2cc(O)cc(-c3ncc4c(N5CC6CCC(C5)N6)nc(C)nc4c3F)c12. The fourth-order valence-electron chi connectivity index (χ4n) is 5.52. The molecule has 2 N–H and O–H groups in total. The van der Waals surface area contributed by atoms with Gasteiger partial charge >= 0.3 is 0 Å². The molecule has 2 aromatic carbocycles. The topological polar surface area (TPSA) is 74.2 Å². The molecule has 0 saturated carbocycles. The number of aromatic nitrogens is 3. The van der Waals surface area contributed by atoms with Crippen molar-refractivity contribution in [1.82, 2.24) is 20.3 Å². The average molecular weight is 444 g/mol. The molecule has 2 fully saturated rings. The van der Waals surface area contributed by atoms with E-state index in [0.29, 0.717) is 28.9 Å². The zero-order valence-electron chi connectivity index (χ0n) is 18.8. The van der Waals surface area contributed by atoms with Gasteiger partial charge in [-0.1, -0.05) is 25.1 Å². The van der Waals surface area contributed by atoms with Crippen molar-refractivity contribution in [3.05, 3.63) is 53.7 Å². The minimum absolute atomic E-state index is 0.0860. The van der Waals surface area contributed by atoms with E-state index >= 15 is 4.39 Å². The summed E-state index contributed by atoms with van der Waals surface area (Å²) in [5.41, 5.74) is 2.15. The monoisotopic (exact) mass is 443 g/mol. The Morgan fingerprint density at radius 3 is 2.70 bits per heavy atom. The highest BCUT2D eigenvalue weighted by Crippen LogP contribution is 2.38. The summed E-state index contributed by atoms with van der Waals surface area (Å²) in [6, 6.07) is 10.1. The van der Waals surface area contributed by atoms with Crippen molar-refractivity contribution in [2.75, 3.05) is 18.0 Å². The number of aryl methyl sites for hydroxylation is 2. The number of fused-ring (bicyclic) bond motifs is 4. The van der Waals surface area contributed by atoms with E-state index in [-0.39, 0.29) is 17.0 Å². The van der Waals surface area contributed by atoms with Crippen LogP contribution in [0.2, 0.25) is 0 Å². The molecule has 6 nitrogen and oxygen atoms in total. The second-order valence-electron chi connectivity index (χ2n) is 9.18. The maximum absolute atomic E-state index is 16.1. The lowest BCUT2D eigenvalue weighted by molar-refractivity contribution is 0.464. The van der Waals surface area contributed by atoms with Crippen LogP contribution in [0.15, 0.2) is 36.5 Å². The zero-order valence-corrected chi connectivity index (χ0v) is 18.8. The standard InChI is InChI=1S/C26H26FN5O/c1-3-15-5-4-6-16-9-19(33)10-20(22(15)16)24-23(27)25-21(11-28-24)26(30-14(2)29-25)32-12-17-7-8-18(13-32)31-17/h4-6,9-11,17-18,31,33H,3,7-8,12-13H2,1-2H3. The Kier molecular flexibility index (Phi) is 4.69. The smallest absolute Gasteiger partial charge is 0.175 e. The third-order valence-electron chi connectivity index (χ3n) is 6.98. The Morgan fingerprint density at radius 1 is 1.15 bits per heavy atom. The summed E-state index contributed by atoms with van der Waals surface area (Å²) in [5.74, 6) is 0.899. The average Bonchev–Trinajstić information content (AvgIpc) is 3.15. The molecule has 168 valence electrons. The van der Waals surface area contributed by atoms with Gasteiger partial charge in [-0.05, 0) is 54.7 Å². The van der Waals surface area contributed by atoms with E-state index in [2.05, 4.69) is 27.1 Å². The van der Waals surface area contributed by atoms with E-state index in [1.165, 1.54) is 0 Å². The highest BCUT2D eigenvalue weighted by molar-refractivity contribution is 6.01. The molecule has 0 spiro atoms. The van der Waals surface area contributed by atoms with Crippen LogP contribution < -0.4 is 10.2 Å². The van der Waals surface area contributed by atoms with E-state index in [9.17, 15) is 5.11 Å². The molecule has 4 heterocycles. The predicted octanol–water partition coefficient (Wildman–Crippen LogP) is 4.50. The number of anilines is 1. The summed E-state index contributed by atoms with van der Waals surface area (Å²) in [5, 5.41) is 16.4. The number of hydrogen-bond acceptors (Lipinski definition) is 6. The van der Waals surface area contributed by atoms with Gasteiger partial charge in [0, 0.05) is 36.9 Å². The molecular formula is C26H26FN5O. The van der Waals surface area contributed by atoms with Crippen LogP contribution in [0.25, 0.3) is 32.9 Å². The van der Waals surface area contributed by atoms with Gasteiger partial charge in [-0.15, -0.1) is 0 Å². The molecule has 2 unspecified atom stereocenters. The third kappa shape index (κ3) is 3.30. The number of phenolic OH excluding ortho intramolecular Hbond substituents is 1. The van der Waals surface area contributed by atoms with Gasteiger partial charge in [0.1, 0.15) is 28.6 Å². The number of phenols is 1. The fraction of sp³-hybridized carbons (Fsp3) is 0.346. The van der Waals surface area contributed by atoms with E-state index in [4.69, 9.17) is 4.98 Å². The Morgan fingerprint density at radius 2 is 1.94 bits per heavy atom. The van der Waals surface area contributed by atoms with E-state index in [0.717, 1.165) is 54.5 Å². The van der Waals surface area contributed by atoms with Crippen molar-refractivity contribution < 1.29 is 9.50 Å². The number of nitrogens with zero attached hydrogens (tertiary/aromatic N) is 4. The van der Waals surface area contributed by atoms with Gasteiger partial charge in [-0.3, -0.25) is 4.98 Å². The third-order valence-corrected chi connectivity index (χ3v) is 6.98. The quantitative estimate of drug-likeness (QED) is 0.486. The minimum atomic E-state index is -0.477. The lowest BCUT2D eigenvalue weighted by Crippen LogP contribution is -2.51. The van der Waals surface area contributed by atoms with Gasteiger partial charge in [0.25, 0.3) is 0 Å². The lowest BCUT2D eigenvalue weighted by Gasteiger charge is -2.34. The number of hydrogen-bond donors (Lipinski definition) is 2. The van der Waals surface area contributed by atoms with Gasteiger partial charge in [-0.25, -0.2) is 14.4 Å². The minimum Gasteiger partial charge on any atom is -0.508 e. The second kappa shape index (κ2) is 7.63. The molecule has 33 heavy (non-hydrogen) atoms. The number of pyridine rings is 1. The Balaban J connectivity index is 1.56. The Hall–Kier alpha value is -3.32. The number of halogens is 1. The highest BCUT2D eigenvalue weighted by Gasteiger charge is 2.34. The summed E-state index contributed by atoms with van der Waals surface area (Å²) in [7, 11) is 0. The molecule has 0 amide bonds. The van der Waals surface area contributed by atoms with Crippen molar-refractivity contribution >= 4 is 27.5 Å². The first-order valence-corrected chi connectivity index (χ1v) is 11.6. The largest absolute Gasteiger partial charge is 0.508 e. The first-order chi connectivity index (χ1) is 16.0. The number of piperazine rings is 1. The normalized spacial score (nSPS) is 20.2. The number of rotatable bonds is 3. The van der Waals surface area contributed by atoms with Crippen LogP contribution in [-0.2, 0) is 6.42 Å². The predicted molar refractivity (Wildman–Crippen MR) is 128 cm³/mol. The molecule has 4 aromatic rings. The van der Waals surface area contributed by atoms with Gasteiger partial charge in [0.05, 0.1) is 5.39 Å². The molecule has 6 rings (SSSR count). The van der Waals surface area contributed by atoms with E-state index < -0.39 is 5.82 Å². The first-order valence-electron chi connectivity index (χ1n) is 11.6. The van der Waals surface area contributed by atoms with Crippen LogP contribution in [0.1, 0.15) is 31.2 Å². The van der Waals surface area contributed by atoms with Gasteiger partial charge in [0.2, 0.25) is 0 Å². The lowest BCUT2D eigenvalue weighted by atomic mass is 9.95. The van der Waals surface area contributed by atoms with Gasteiger partial charge in [-0.2, -0.15) is 0 Å². The van der Waals surface area contributed by atoms with Crippen molar-refractivity contribution in [2.24, 2.45) is 0 Å². The summed E-state index contributed by atoms with van der Waals surface area (Å²) in [6.45, 7) is 5.57. The van der Waals surface area contributed by atoms with Crippen molar-refractivity contribution in [1.29, 1.82) is 0 Å². The summed E-state index contributed by atoms with van der Waals surface area (Å²) < 4.78 is 16.1. The molecule has 2 bridgehead atoms. The van der Waals surface area contributed by atoms with E-state index in [1.807, 2.05) is 18.2 Å². The first kappa shape index (κ1) is 20.3. The summed E-state index contributed by atoms with van der Waals surface area (Å²) >= 11 is 0. The molecule has 0 radical (unpaired) electrons. The molecule has 2 aromatic heterocycles. The maximum Gasteiger partial charge on any atom is 0.175 e. The molecule has 0 aliphatic carbocycles. The van der Waals surface area contributed by atoms with Crippen LogP contribution in [-0.4, -0.2) is 45.2 Å². The van der Waals surface area contributed by atoms with Crippen molar-refractivity contribution in [2.45, 2.75) is 45.2 Å². The summed E-state index contributed by atoms with van der Waals surface area (Å²) in [4.78, 5) is 16.0. The number of aromatic hydroxyl groups is 1. The molecule has 7 heteroatoms. The molecule has 2 aliphatic rings. The second-order valence-corrected chi connectivity index (χ2v) is 9.18. The zero-order chi connectivity index (χ0) is 22.7. The Bertz CT molecular complexity index is 1390. The van der Waals surface area contributed by atoms with Crippen LogP contribution >= 0.6 is 0 Å². The fourth-order valence-corrected chi connectivity index (χ4v) is 5.52. The van der Waals surface area contributed by atoms with Crippen molar-refractivity contribution in [3.63, 3.8) is 0 Å². The molecule has 2 aliphatic heterocycles.